The number of ether oxygens (including phenoxy) is 1. The molecule has 1 unspecified atom stereocenters. The summed E-state index contributed by atoms with van der Waals surface area (Å²) < 4.78 is 5.69. The smallest absolute Gasteiger partial charge is 0.249 e. The van der Waals surface area contributed by atoms with Crippen molar-refractivity contribution in [2.45, 2.75) is 32.7 Å². The van der Waals surface area contributed by atoms with Crippen LogP contribution in [0.25, 0.3) is 11.1 Å². The zero-order chi connectivity index (χ0) is 25.8. The molecule has 2 aliphatic heterocycles. The third-order valence-corrected chi connectivity index (χ3v) is 7.37. The molecule has 0 aromatic heterocycles. The first kappa shape index (κ1) is 25.6. The van der Waals surface area contributed by atoms with Gasteiger partial charge in [0.15, 0.2) is 0 Å². The fourth-order valence-electron chi connectivity index (χ4n) is 5.11. The monoisotopic (exact) mass is 488 g/mol. The number of hydrogen-bond donors (Lipinski definition) is 1. The average Bonchev–Trinajstić information content (AvgIpc) is 2.88. The summed E-state index contributed by atoms with van der Waals surface area (Å²) in [6, 6.07) is 12.0. The summed E-state index contributed by atoms with van der Waals surface area (Å²) in [5.41, 5.74) is 9.70. The van der Waals surface area contributed by atoms with Crippen molar-refractivity contribution >= 4 is 17.5 Å². The van der Waals surface area contributed by atoms with Crippen molar-refractivity contribution in [2.24, 2.45) is 11.7 Å². The standard InChI is InChI=1S/C29H36N4O3/c1-20-18-33(16-15-31(20)3)26-13-12-22(10-11-23-7-6-14-32(19-23)21(2)34)17-25(26)28-24(29(30)35)8-5-9-27(28)36-4/h5,8-9,12-13,17,20,23H,6-7,14-16,18-19H2,1-4H3,(H2,30,35)/t20-,23?/m0/s1. The molecule has 2 aromatic rings. The normalized spacial score (nSPS) is 20.4. The fourth-order valence-corrected chi connectivity index (χ4v) is 5.11. The number of likely N-dealkylation sites (tertiary alicyclic amines) is 1. The van der Waals surface area contributed by atoms with E-state index in [1.165, 1.54) is 0 Å². The molecule has 0 saturated carbocycles. The molecular weight excluding hydrogens is 452 g/mol. The van der Waals surface area contributed by atoms with Crippen LogP contribution in [0.15, 0.2) is 36.4 Å². The molecule has 0 radical (unpaired) electrons. The van der Waals surface area contributed by atoms with Gasteiger partial charge in [-0.1, -0.05) is 17.9 Å². The molecular formula is C29H36N4O3. The molecule has 0 bridgehead atoms. The quantitative estimate of drug-likeness (QED) is 0.669. The number of likely N-dealkylation sites (N-methyl/N-ethyl adjacent to an activating group) is 1. The van der Waals surface area contributed by atoms with Crippen LogP contribution in [-0.4, -0.2) is 74.5 Å². The number of hydrogen-bond acceptors (Lipinski definition) is 5. The van der Waals surface area contributed by atoms with Crippen LogP contribution in [0.3, 0.4) is 0 Å². The number of rotatable bonds is 4. The highest BCUT2D eigenvalue weighted by Gasteiger charge is 2.26. The second-order valence-corrected chi connectivity index (χ2v) is 9.83. The highest BCUT2D eigenvalue weighted by atomic mass is 16.5. The Morgan fingerprint density at radius 2 is 1.92 bits per heavy atom. The van der Waals surface area contributed by atoms with Crippen LogP contribution in [0.1, 0.15) is 42.6 Å². The summed E-state index contributed by atoms with van der Waals surface area (Å²) in [6.07, 6.45) is 1.95. The number of piperidine rings is 1. The lowest BCUT2D eigenvalue weighted by molar-refractivity contribution is -0.130. The molecule has 2 saturated heterocycles. The number of piperazine rings is 1. The number of primary amides is 1. The van der Waals surface area contributed by atoms with Gasteiger partial charge in [0, 0.05) is 74.0 Å². The Morgan fingerprint density at radius 1 is 1.11 bits per heavy atom. The fraction of sp³-hybridized carbons (Fsp3) is 0.448. The number of methoxy groups -OCH3 is 1. The molecule has 4 rings (SSSR count). The number of amides is 2. The number of benzene rings is 2. The zero-order valence-electron chi connectivity index (χ0n) is 21.7. The number of nitrogens with two attached hydrogens (primary N) is 1. The first-order valence-corrected chi connectivity index (χ1v) is 12.6. The molecule has 0 spiro atoms. The molecule has 2 aliphatic rings. The Labute approximate surface area is 214 Å². The lowest BCUT2D eigenvalue weighted by Crippen LogP contribution is -2.50. The summed E-state index contributed by atoms with van der Waals surface area (Å²) in [6.45, 7) is 8.01. The van der Waals surface area contributed by atoms with Gasteiger partial charge in [0.05, 0.1) is 12.7 Å². The summed E-state index contributed by atoms with van der Waals surface area (Å²) >= 11 is 0. The predicted octanol–water partition coefficient (Wildman–Crippen LogP) is 3.21. The van der Waals surface area contributed by atoms with E-state index in [0.717, 1.165) is 55.8 Å². The third-order valence-electron chi connectivity index (χ3n) is 7.37. The van der Waals surface area contributed by atoms with Gasteiger partial charge >= 0.3 is 0 Å². The Bertz CT molecular complexity index is 1200. The Balaban J connectivity index is 1.78. The molecule has 2 heterocycles. The van der Waals surface area contributed by atoms with E-state index >= 15 is 0 Å². The van der Waals surface area contributed by atoms with Crippen LogP contribution in [0, 0.1) is 17.8 Å². The van der Waals surface area contributed by atoms with E-state index in [2.05, 4.69) is 41.7 Å². The molecule has 2 aromatic carbocycles. The van der Waals surface area contributed by atoms with E-state index < -0.39 is 5.91 Å². The number of anilines is 1. The highest BCUT2D eigenvalue weighted by molar-refractivity contribution is 6.03. The largest absolute Gasteiger partial charge is 0.496 e. The van der Waals surface area contributed by atoms with E-state index in [1.807, 2.05) is 23.1 Å². The van der Waals surface area contributed by atoms with Crippen LogP contribution in [0.4, 0.5) is 5.69 Å². The van der Waals surface area contributed by atoms with Gasteiger partial charge in [-0.05, 0) is 57.1 Å². The lowest BCUT2D eigenvalue weighted by atomic mass is 9.93. The van der Waals surface area contributed by atoms with E-state index in [1.54, 1.807) is 26.2 Å². The number of carbonyl (C=O) groups is 2. The van der Waals surface area contributed by atoms with Crippen molar-refractivity contribution in [2.75, 3.05) is 51.8 Å². The minimum absolute atomic E-state index is 0.102. The highest BCUT2D eigenvalue weighted by Crippen LogP contribution is 2.40. The van der Waals surface area contributed by atoms with Crippen LogP contribution in [0.5, 0.6) is 5.75 Å². The van der Waals surface area contributed by atoms with Crippen LogP contribution in [0.2, 0.25) is 0 Å². The van der Waals surface area contributed by atoms with Gasteiger partial charge < -0.3 is 25.2 Å². The first-order chi connectivity index (χ1) is 17.3. The van der Waals surface area contributed by atoms with E-state index in [0.29, 0.717) is 29.5 Å². The van der Waals surface area contributed by atoms with Crippen molar-refractivity contribution < 1.29 is 14.3 Å². The van der Waals surface area contributed by atoms with Gasteiger partial charge in [0.25, 0.3) is 0 Å². The average molecular weight is 489 g/mol. The minimum atomic E-state index is -0.496. The molecule has 7 heteroatoms. The topological polar surface area (TPSA) is 79.1 Å². The number of nitrogens with zero attached hydrogens (tertiary/aromatic N) is 3. The summed E-state index contributed by atoms with van der Waals surface area (Å²) in [7, 11) is 3.75. The Morgan fingerprint density at radius 3 is 2.61 bits per heavy atom. The Kier molecular flexibility index (Phi) is 7.85. The van der Waals surface area contributed by atoms with E-state index in [4.69, 9.17) is 10.5 Å². The maximum atomic E-state index is 12.4. The van der Waals surface area contributed by atoms with Gasteiger partial charge in [-0.2, -0.15) is 0 Å². The van der Waals surface area contributed by atoms with Gasteiger partial charge in [-0.15, -0.1) is 0 Å². The second-order valence-electron chi connectivity index (χ2n) is 9.83. The zero-order valence-corrected chi connectivity index (χ0v) is 21.7. The summed E-state index contributed by atoms with van der Waals surface area (Å²) in [5.74, 6) is 7.09. The molecule has 190 valence electrons. The van der Waals surface area contributed by atoms with Gasteiger partial charge in [-0.3, -0.25) is 9.59 Å². The summed E-state index contributed by atoms with van der Waals surface area (Å²) in [5, 5.41) is 0. The number of carbonyl (C=O) groups excluding carboxylic acids is 2. The van der Waals surface area contributed by atoms with Crippen molar-refractivity contribution in [1.82, 2.24) is 9.80 Å². The predicted molar refractivity (Wildman–Crippen MR) is 143 cm³/mol. The summed E-state index contributed by atoms with van der Waals surface area (Å²) in [4.78, 5) is 30.8. The SMILES string of the molecule is COc1cccc(C(N)=O)c1-c1cc(C#CC2CCCN(C(C)=O)C2)ccc1N1CCN(C)[C@@H](C)C1. The van der Waals surface area contributed by atoms with E-state index in [9.17, 15) is 9.59 Å². The molecule has 2 fully saturated rings. The molecule has 2 N–H and O–H groups in total. The van der Waals surface area contributed by atoms with Crippen LogP contribution in [-0.2, 0) is 4.79 Å². The molecule has 2 atom stereocenters. The molecule has 7 nitrogen and oxygen atoms in total. The Hall–Kier alpha value is -3.50. The van der Waals surface area contributed by atoms with Gasteiger partial charge in [0.1, 0.15) is 5.75 Å². The molecule has 2 amide bonds. The van der Waals surface area contributed by atoms with E-state index in [-0.39, 0.29) is 11.8 Å². The van der Waals surface area contributed by atoms with Crippen molar-refractivity contribution in [3.63, 3.8) is 0 Å². The van der Waals surface area contributed by atoms with Crippen LogP contribution < -0.4 is 15.4 Å². The lowest BCUT2D eigenvalue weighted by Gasteiger charge is -2.40. The van der Waals surface area contributed by atoms with Gasteiger partial charge in [-0.25, -0.2) is 0 Å². The third kappa shape index (κ3) is 5.50. The molecule has 36 heavy (non-hydrogen) atoms. The first-order valence-electron chi connectivity index (χ1n) is 12.6. The minimum Gasteiger partial charge on any atom is -0.496 e. The maximum Gasteiger partial charge on any atom is 0.249 e. The van der Waals surface area contributed by atoms with Gasteiger partial charge in [0.2, 0.25) is 11.8 Å². The maximum absolute atomic E-state index is 12.4. The second kappa shape index (κ2) is 11.0. The molecule has 0 aliphatic carbocycles. The van der Waals surface area contributed by atoms with Crippen molar-refractivity contribution in [3.05, 3.63) is 47.5 Å². The van der Waals surface area contributed by atoms with Crippen molar-refractivity contribution in [3.8, 4) is 28.7 Å². The van der Waals surface area contributed by atoms with Crippen LogP contribution >= 0.6 is 0 Å². The van der Waals surface area contributed by atoms with Crippen molar-refractivity contribution in [1.29, 1.82) is 0 Å².